The van der Waals surface area contributed by atoms with Gasteiger partial charge in [-0.3, -0.25) is 0 Å². The summed E-state index contributed by atoms with van der Waals surface area (Å²) >= 11 is 5.78. The van der Waals surface area contributed by atoms with Gasteiger partial charge < -0.3 is 0 Å². The van der Waals surface area contributed by atoms with Gasteiger partial charge in [-0.15, -0.1) is 0 Å². The molecule has 0 amide bonds. The summed E-state index contributed by atoms with van der Waals surface area (Å²) in [6, 6.07) is 5.06. The molecule has 1 rings (SSSR count). The Balaban J connectivity index is 3.34. The highest BCUT2D eigenvalue weighted by atomic mass is 35.5. The minimum atomic E-state index is 0.548. The lowest BCUT2D eigenvalue weighted by Gasteiger charge is -2.03. The van der Waals surface area contributed by atoms with Crippen molar-refractivity contribution in [2.45, 2.75) is 6.92 Å². The number of carbonyl (C=O) groups excluding carboxylic acids is 1. The third kappa shape index (κ3) is 2.28. The van der Waals surface area contributed by atoms with Crippen LogP contribution in [0.15, 0.2) is 29.8 Å². The fourth-order valence-electron chi connectivity index (χ4n) is 0.997. The van der Waals surface area contributed by atoms with Gasteiger partial charge in [-0.2, -0.15) is 4.99 Å². The largest absolute Gasteiger partial charge is 0.240 e. The summed E-state index contributed by atoms with van der Waals surface area (Å²) < 4.78 is 0. The molecule has 0 aliphatic carbocycles. The summed E-state index contributed by atoms with van der Waals surface area (Å²) in [6.07, 6.45) is 1.49. The Morgan fingerprint density at radius 3 is 2.85 bits per heavy atom. The van der Waals surface area contributed by atoms with Gasteiger partial charge in [0.1, 0.15) is 0 Å². The molecular weight excluding hydrogens is 186 g/mol. The molecule has 1 aromatic carbocycles. The van der Waals surface area contributed by atoms with Crippen molar-refractivity contribution in [2.24, 2.45) is 4.99 Å². The highest BCUT2D eigenvalue weighted by Gasteiger charge is 2.02. The van der Waals surface area contributed by atoms with E-state index in [1.165, 1.54) is 6.08 Å². The zero-order valence-corrected chi connectivity index (χ0v) is 7.93. The van der Waals surface area contributed by atoms with Gasteiger partial charge in [0.25, 0.3) is 0 Å². The molecule has 0 unspecified atom stereocenters. The number of aliphatic imine (C=N–C) groups is 1. The molecule has 13 heavy (non-hydrogen) atoms. The molecule has 0 bridgehead atoms. The molecule has 0 fully saturated rings. The van der Waals surface area contributed by atoms with Crippen LogP contribution in [0.2, 0.25) is 5.02 Å². The summed E-state index contributed by atoms with van der Waals surface area (Å²) in [5.74, 6) is 0. The smallest absolute Gasteiger partial charge is 0.211 e. The van der Waals surface area contributed by atoms with Crippen LogP contribution in [0.1, 0.15) is 12.5 Å². The fourth-order valence-corrected chi connectivity index (χ4v) is 1.17. The number of hydrogen-bond donors (Lipinski definition) is 0. The number of nitrogens with zero attached hydrogens (tertiary/aromatic N) is 1. The van der Waals surface area contributed by atoms with Crippen molar-refractivity contribution in [3.05, 3.63) is 35.4 Å². The molecule has 0 heterocycles. The third-order valence-corrected chi connectivity index (χ3v) is 1.82. The van der Waals surface area contributed by atoms with E-state index in [0.29, 0.717) is 10.7 Å². The van der Waals surface area contributed by atoms with E-state index in [2.05, 4.69) is 11.6 Å². The number of allylic oxidation sites excluding steroid dienone is 1. The van der Waals surface area contributed by atoms with Gasteiger partial charge >= 0.3 is 0 Å². The maximum atomic E-state index is 10.1. The van der Waals surface area contributed by atoms with Crippen LogP contribution < -0.4 is 0 Å². The lowest BCUT2D eigenvalue weighted by atomic mass is 10.1. The van der Waals surface area contributed by atoms with Gasteiger partial charge in [-0.05, 0) is 30.7 Å². The molecular formula is C10H8ClNO. The second kappa shape index (κ2) is 4.04. The fraction of sp³-hybridized carbons (Fsp3) is 0.100. The lowest BCUT2D eigenvalue weighted by Crippen LogP contribution is -1.79. The highest BCUT2D eigenvalue weighted by molar-refractivity contribution is 6.30. The standard InChI is InChI=1S/C10H8ClNO/c1-7(2)9-5-8(11)3-4-10(9)12-6-13/h3-5H,1H2,2H3. The highest BCUT2D eigenvalue weighted by Crippen LogP contribution is 2.27. The lowest BCUT2D eigenvalue weighted by molar-refractivity contribution is 0.565. The van der Waals surface area contributed by atoms with E-state index in [1.54, 1.807) is 18.2 Å². The molecule has 0 radical (unpaired) electrons. The Morgan fingerprint density at radius 1 is 1.62 bits per heavy atom. The monoisotopic (exact) mass is 193 g/mol. The van der Waals surface area contributed by atoms with E-state index in [1.807, 2.05) is 6.92 Å². The predicted octanol–water partition coefficient (Wildman–Crippen LogP) is 3.34. The summed E-state index contributed by atoms with van der Waals surface area (Å²) in [7, 11) is 0. The van der Waals surface area contributed by atoms with Crippen LogP contribution in [-0.4, -0.2) is 6.08 Å². The van der Waals surface area contributed by atoms with Crippen molar-refractivity contribution in [3.63, 3.8) is 0 Å². The Labute approximate surface area is 81.6 Å². The molecule has 0 aliphatic rings. The van der Waals surface area contributed by atoms with Gasteiger partial charge in [0, 0.05) is 10.6 Å². The van der Waals surface area contributed by atoms with Crippen molar-refractivity contribution < 1.29 is 4.79 Å². The Morgan fingerprint density at radius 2 is 2.31 bits per heavy atom. The van der Waals surface area contributed by atoms with Crippen molar-refractivity contribution >= 4 is 28.9 Å². The third-order valence-electron chi connectivity index (χ3n) is 1.58. The van der Waals surface area contributed by atoms with Crippen molar-refractivity contribution in [1.29, 1.82) is 0 Å². The van der Waals surface area contributed by atoms with E-state index in [4.69, 9.17) is 11.6 Å². The summed E-state index contributed by atoms with van der Waals surface area (Å²) in [6.45, 7) is 5.59. The normalized spacial score (nSPS) is 9.08. The van der Waals surface area contributed by atoms with Crippen LogP contribution in [0.4, 0.5) is 5.69 Å². The van der Waals surface area contributed by atoms with Crippen molar-refractivity contribution in [1.82, 2.24) is 0 Å². The van der Waals surface area contributed by atoms with E-state index in [0.717, 1.165) is 11.1 Å². The molecule has 0 N–H and O–H groups in total. The van der Waals surface area contributed by atoms with Gasteiger partial charge in [0.2, 0.25) is 6.08 Å². The number of hydrogen-bond acceptors (Lipinski definition) is 2. The molecule has 0 atom stereocenters. The quantitative estimate of drug-likeness (QED) is 0.523. The Bertz CT molecular complexity index is 392. The van der Waals surface area contributed by atoms with Crippen LogP contribution in [-0.2, 0) is 4.79 Å². The molecule has 66 valence electrons. The molecule has 0 aromatic heterocycles. The van der Waals surface area contributed by atoms with Gasteiger partial charge in [-0.1, -0.05) is 18.2 Å². The predicted molar refractivity (Wildman–Crippen MR) is 53.9 cm³/mol. The first-order valence-electron chi connectivity index (χ1n) is 3.68. The first-order chi connectivity index (χ1) is 6.15. The molecule has 0 saturated heterocycles. The second-order valence-corrected chi connectivity index (χ2v) is 3.08. The van der Waals surface area contributed by atoms with Crippen LogP contribution in [0.25, 0.3) is 5.57 Å². The van der Waals surface area contributed by atoms with Crippen LogP contribution in [0.3, 0.4) is 0 Å². The number of isocyanates is 1. The molecule has 3 heteroatoms. The summed E-state index contributed by atoms with van der Waals surface area (Å²) in [5, 5.41) is 0.600. The van der Waals surface area contributed by atoms with Crippen LogP contribution in [0, 0.1) is 0 Å². The van der Waals surface area contributed by atoms with Gasteiger partial charge in [0.15, 0.2) is 0 Å². The zero-order chi connectivity index (χ0) is 9.84. The van der Waals surface area contributed by atoms with Crippen LogP contribution >= 0.6 is 11.6 Å². The summed E-state index contributed by atoms with van der Waals surface area (Å²) in [4.78, 5) is 13.6. The zero-order valence-electron chi connectivity index (χ0n) is 7.17. The topological polar surface area (TPSA) is 29.4 Å². The average Bonchev–Trinajstić information content (AvgIpc) is 2.08. The second-order valence-electron chi connectivity index (χ2n) is 2.64. The first kappa shape index (κ1) is 9.72. The minimum Gasteiger partial charge on any atom is -0.211 e. The van der Waals surface area contributed by atoms with Crippen LogP contribution in [0.5, 0.6) is 0 Å². The number of rotatable bonds is 2. The van der Waals surface area contributed by atoms with Gasteiger partial charge in [-0.25, -0.2) is 4.79 Å². The molecule has 0 spiro atoms. The SMILES string of the molecule is C=C(C)c1cc(Cl)ccc1N=C=O. The van der Waals surface area contributed by atoms with Gasteiger partial charge in [0.05, 0.1) is 5.69 Å². The molecule has 1 aromatic rings. The first-order valence-corrected chi connectivity index (χ1v) is 4.06. The number of benzene rings is 1. The molecule has 2 nitrogen and oxygen atoms in total. The van der Waals surface area contributed by atoms with Crippen molar-refractivity contribution in [3.8, 4) is 0 Å². The Hall–Kier alpha value is -1.37. The van der Waals surface area contributed by atoms with E-state index in [9.17, 15) is 4.79 Å². The average molecular weight is 194 g/mol. The maximum Gasteiger partial charge on any atom is 0.240 e. The Kier molecular flexibility index (Phi) is 3.02. The minimum absolute atomic E-state index is 0.548. The van der Waals surface area contributed by atoms with E-state index in [-0.39, 0.29) is 0 Å². The molecule has 0 aliphatic heterocycles. The summed E-state index contributed by atoms with van der Waals surface area (Å²) in [5.41, 5.74) is 2.14. The van der Waals surface area contributed by atoms with E-state index >= 15 is 0 Å². The maximum absolute atomic E-state index is 10.1. The molecule has 0 saturated carbocycles. The van der Waals surface area contributed by atoms with Crippen molar-refractivity contribution in [2.75, 3.05) is 0 Å². The van der Waals surface area contributed by atoms with E-state index < -0.39 is 0 Å². The number of halogens is 1.